The first-order valence-corrected chi connectivity index (χ1v) is 14.4. The molecular formula is C23H24ClF2N7O3S2. The molecule has 3 heterocycles. The minimum atomic E-state index is -3.78. The molecule has 2 aromatic rings. The molecule has 0 radical (unpaired) electrons. The summed E-state index contributed by atoms with van der Waals surface area (Å²) < 4.78 is 51.0. The quantitative estimate of drug-likeness (QED) is 0.337. The van der Waals surface area contributed by atoms with Gasteiger partial charge in [-0.3, -0.25) is 4.99 Å². The van der Waals surface area contributed by atoms with Crippen molar-refractivity contribution in [1.82, 2.24) is 19.9 Å². The number of amidine groups is 1. The summed E-state index contributed by atoms with van der Waals surface area (Å²) in [6, 6.07) is 3.25. The number of benzene rings is 1. The molecule has 0 unspecified atom stereocenters. The number of nitrogens with two attached hydrogens (primary N) is 1. The standard InChI is InChI=1S/C23H24ClF2N7O3S2/c1-12-3-4-15(16(24)7-12)19-18(13(9-27)10-29-22(25)26)17-8-14(30-23(34)32-38(2,35)36)11-33(17)20(31-19)21-28-5-6-37-21/h3-7,9-10,14,19,22H,8,11,27H2,1-2H3,(H2,30,32,34)/t14-,19-/m0/s1. The number of aryl methyl sites for hydroxylation is 1. The lowest BCUT2D eigenvalue weighted by Crippen LogP contribution is -2.45. The van der Waals surface area contributed by atoms with Crippen LogP contribution in [0, 0.1) is 6.92 Å². The van der Waals surface area contributed by atoms with Gasteiger partial charge < -0.3 is 16.0 Å². The van der Waals surface area contributed by atoms with Gasteiger partial charge in [-0.05, 0) is 24.1 Å². The molecule has 10 nitrogen and oxygen atoms in total. The highest BCUT2D eigenvalue weighted by molar-refractivity contribution is 7.89. The number of sulfonamides is 1. The summed E-state index contributed by atoms with van der Waals surface area (Å²) >= 11 is 7.98. The van der Waals surface area contributed by atoms with Gasteiger partial charge in [0.15, 0.2) is 10.8 Å². The van der Waals surface area contributed by atoms with E-state index < -0.39 is 34.7 Å². The number of urea groups is 1. The van der Waals surface area contributed by atoms with Crippen LogP contribution in [0.5, 0.6) is 0 Å². The SMILES string of the molecule is Cc1ccc([C@@H]2N=C(c3nccs3)N3C[C@@H](NC(=O)NS(C)(=O)=O)CC3=C2C(C=NC(F)F)=CN)c(Cl)c1. The number of amides is 2. The number of nitrogens with one attached hydrogen (secondary N) is 2. The highest BCUT2D eigenvalue weighted by atomic mass is 35.5. The summed E-state index contributed by atoms with van der Waals surface area (Å²) in [6.07, 6.45) is 4.87. The number of hydrogen-bond donors (Lipinski definition) is 3. The molecule has 1 aromatic heterocycles. The average molecular weight is 584 g/mol. The summed E-state index contributed by atoms with van der Waals surface area (Å²) in [6.45, 7) is -0.854. The second-order valence-electron chi connectivity index (χ2n) is 8.62. The van der Waals surface area contributed by atoms with E-state index in [0.29, 0.717) is 32.7 Å². The van der Waals surface area contributed by atoms with E-state index in [1.807, 2.05) is 28.7 Å². The van der Waals surface area contributed by atoms with Crippen LogP contribution >= 0.6 is 22.9 Å². The molecule has 1 fully saturated rings. The molecule has 4 N–H and O–H groups in total. The van der Waals surface area contributed by atoms with Crippen LogP contribution in [0.2, 0.25) is 5.02 Å². The number of carbonyl (C=O) groups excluding carboxylic acids is 1. The van der Waals surface area contributed by atoms with Gasteiger partial charge in [-0.2, -0.15) is 8.78 Å². The van der Waals surface area contributed by atoms with Gasteiger partial charge in [-0.1, -0.05) is 23.7 Å². The molecule has 2 aliphatic heterocycles. The monoisotopic (exact) mass is 583 g/mol. The number of aromatic nitrogens is 1. The van der Waals surface area contributed by atoms with Crippen LogP contribution in [0.15, 0.2) is 62.8 Å². The van der Waals surface area contributed by atoms with E-state index in [-0.39, 0.29) is 18.5 Å². The second kappa shape index (κ2) is 11.2. The molecule has 0 bridgehead atoms. The number of halogens is 3. The first kappa shape index (κ1) is 27.7. The van der Waals surface area contributed by atoms with Gasteiger partial charge >= 0.3 is 12.6 Å². The summed E-state index contributed by atoms with van der Waals surface area (Å²) in [5.41, 5.74) is 8.76. The Morgan fingerprint density at radius 3 is 2.76 bits per heavy atom. The average Bonchev–Trinajstić information content (AvgIpc) is 3.48. The van der Waals surface area contributed by atoms with Crippen molar-refractivity contribution in [3.05, 3.63) is 74.0 Å². The summed E-state index contributed by atoms with van der Waals surface area (Å²) in [5.74, 6) is 0.496. The van der Waals surface area contributed by atoms with Gasteiger partial charge in [0.2, 0.25) is 10.0 Å². The first-order valence-electron chi connectivity index (χ1n) is 11.2. The number of alkyl halides is 2. The minimum Gasteiger partial charge on any atom is -0.404 e. The van der Waals surface area contributed by atoms with E-state index in [4.69, 9.17) is 22.3 Å². The zero-order valence-corrected chi connectivity index (χ0v) is 22.6. The molecule has 15 heteroatoms. The summed E-state index contributed by atoms with van der Waals surface area (Å²) in [4.78, 5) is 26.7. The Labute approximate surface area is 227 Å². The van der Waals surface area contributed by atoms with Crippen molar-refractivity contribution in [3.63, 3.8) is 0 Å². The number of thiazole rings is 1. The fraction of sp³-hybridized carbons (Fsp3) is 0.304. The Morgan fingerprint density at radius 2 is 2.16 bits per heavy atom. The van der Waals surface area contributed by atoms with E-state index in [2.05, 4.69) is 15.3 Å². The van der Waals surface area contributed by atoms with Crippen LogP contribution in [-0.2, 0) is 10.0 Å². The van der Waals surface area contributed by atoms with Crippen LogP contribution in [-0.4, -0.2) is 61.8 Å². The van der Waals surface area contributed by atoms with E-state index in [1.165, 1.54) is 17.5 Å². The largest absolute Gasteiger partial charge is 0.404 e. The minimum absolute atomic E-state index is 0.204. The van der Waals surface area contributed by atoms with Crippen molar-refractivity contribution in [2.45, 2.75) is 32.0 Å². The molecule has 2 aliphatic rings. The smallest absolute Gasteiger partial charge is 0.331 e. The number of nitrogens with zero attached hydrogens (tertiary/aromatic N) is 4. The van der Waals surface area contributed by atoms with Gasteiger partial charge in [0.25, 0.3) is 0 Å². The molecule has 0 saturated carbocycles. The molecule has 4 rings (SSSR count). The molecule has 0 spiro atoms. The molecular weight excluding hydrogens is 560 g/mol. The Kier molecular flexibility index (Phi) is 8.13. The fourth-order valence-electron chi connectivity index (χ4n) is 4.35. The molecule has 0 aliphatic carbocycles. The van der Waals surface area contributed by atoms with E-state index >= 15 is 0 Å². The third-order valence-corrected chi connectivity index (χ3v) is 7.42. The van der Waals surface area contributed by atoms with Crippen molar-refractivity contribution in [2.24, 2.45) is 15.7 Å². The van der Waals surface area contributed by atoms with E-state index in [1.54, 1.807) is 17.6 Å². The number of aliphatic imine (C=N–C) groups is 2. The summed E-state index contributed by atoms with van der Waals surface area (Å²) in [7, 11) is -3.78. The van der Waals surface area contributed by atoms with Gasteiger partial charge in [0.1, 0.15) is 6.04 Å². The van der Waals surface area contributed by atoms with Crippen molar-refractivity contribution in [3.8, 4) is 0 Å². The van der Waals surface area contributed by atoms with Gasteiger partial charge in [-0.15, -0.1) is 11.3 Å². The predicted octanol–water partition coefficient (Wildman–Crippen LogP) is 3.33. The highest BCUT2D eigenvalue weighted by Crippen LogP contribution is 2.44. The fourth-order valence-corrected chi connectivity index (χ4v) is 5.72. The van der Waals surface area contributed by atoms with Crippen LogP contribution in [0.1, 0.15) is 28.6 Å². The molecule has 38 heavy (non-hydrogen) atoms. The normalized spacial score (nSPS) is 20.2. The number of hydrogen-bond acceptors (Lipinski definition) is 9. The van der Waals surface area contributed by atoms with E-state index in [0.717, 1.165) is 18.0 Å². The lowest BCUT2D eigenvalue weighted by Gasteiger charge is -2.33. The predicted molar refractivity (Wildman–Crippen MR) is 143 cm³/mol. The van der Waals surface area contributed by atoms with Crippen molar-refractivity contribution < 1.29 is 22.0 Å². The Bertz CT molecular complexity index is 1460. The molecule has 202 valence electrons. The molecule has 1 aromatic carbocycles. The second-order valence-corrected chi connectivity index (χ2v) is 11.7. The van der Waals surface area contributed by atoms with Crippen LogP contribution in [0.3, 0.4) is 0 Å². The molecule has 2 atom stereocenters. The van der Waals surface area contributed by atoms with Crippen LogP contribution < -0.4 is 15.8 Å². The maximum absolute atomic E-state index is 13.0. The number of carbonyl (C=O) groups is 1. The van der Waals surface area contributed by atoms with Crippen LogP contribution in [0.25, 0.3) is 0 Å². The van der Waals surface area contributed by atoms with Crippen molar-refractivity contribution in [2.75, 3.05) is 12.8 Å². The third-order valence-electron chi connectivity index (χ3n) is 5.76. The van der Waals surface area contributed by atoms with Gasteiger partial charge in [0.05, 0.1) is 12.3 Å². The lowest BCUT2D eigenvalue weighted by molar-refractivity contribution is 0.160. The zero-order valence-electron chi connectivity index (χ0n) is 20.2. The van der Waals surface area contributed by atoms with Gasteiger partial charge in [-0.25, -0.2) is 27.9 Å². The zero-order chi connectivity index (χ0) is 27.6. The van der Waals surface area contributed by atoms with Gasteiger partial charge in [0, 0.05) is 58.8 Å². The third kappa shape index (κ3) is 6.19. The Morgan fingerprint density at radius 1 is 1.39 bits per heavy atom. The molecule has 2 amide bonds. The Balaban J connectivity index is 1.87. The lowest BCUT2D eigenvalue weighted by atomic mass is 9.89. The summed E-state index contributed by atoms with van der Waals surface area (Å²) in [5, 5.41) is 5.45. The van der Waals surface area contributed by atoms with Crippen LogP contribution in [0.4, 0.5) is 13.6 Å². The van der Waals surface area contributed by atoms with Crippen molar-refractivity contribution >= 4 is 51.0 Å². The van der Waals surface area contributed by atoms with E-state index in [9.17, 15) is 22.0 Å². The number of rotatable bonds is 7. The Hall–Kier alpha value is -3.36. The first-order chi connectivity index (χ1) is 18.0. The topological polar surface area (TPSA) is 142 Å². The highest BCUT2D eigenvalue weighted by Gasteiger charge is 2.41. The number of fused-ring (bicyclic) bond motifs is 1. The van der Waals surface area contributed by atoms with Crippen molar-refractivity contribution in [1.29, 1.82) is 0 Å². The molecule has 1 saturated heterocycles. The maximum Gasteiger partial charge on any atom is 0.331 e. The maximum atomic E-state index is 13.0.